The maximum absolute atomic E-state index is 2.39. The Balaban J connectivity index is 1.56. The van der Waals surface area contributed by atoms with Crippen molar-refractivity contribution in [3.05, 3.63) is 109 Å². The van der Waals surface area contributed by atoms with Crippen molar-refractivity contribution < 1.29 is 0 Å². The van der Waals surface area contributed by atoms with Crippen molar-refractivity contribution in [2.75, 3.05) is 0 Å². The van der Waals surface area contributed by atoms with Crippen LogP contribution in [0.15, 0.2) is 104 Å². The number of allylic oxidation sites excluding steroid dienone is 4. The minimum Gasteiger partial charge on any atom is -0.151 e. The molecule has 0 saturated carbocycles. The van der Waals surface area contributed by atoms with E-state index in [2.05, 4.69) is 118 Å². The van der Waals surface area contributed by atoms with Gasteiger partial charge in [0.05, 0.1) is 0 Å². The van der Waals surface area contributed by atoms with Gasteiger partial charge < -0.3 is 0 Å². The lowest BCUT2D eigenvalue weighted by Gasteiger charge is -2.13. The van der Waals surface area contributed by atoms with Gasteiger partial charge in [-0.3, -0.25) is 0 Å². The van der Waals surface area contributed by atoms with Crippen LogP contribution in [-0.4, -0.2) is 0 Å². The molecule has 182 valence electrons. The molecule has 0 amide bonds. The smallest absolute Gasteiger partial charge is 0.0357 e. The van der Waals surface area contributed by atoms with Crippen LogP contribution in [0.25, 0.3) is 59.8 Å². The number of hydrogen-bond acceptors (Lipinski definition) is 5. The van der Waals surface area contributed by atoms with E-state index in [-0.39, 0.29) is 0 Å². The SMILES string of the molecule is C/C=C\C=C(/C)c1cscc1-c1cc(-c2cscc2-c2cccs2)cc(-c2cscc2-c2cccs2)c1. The summed E-state index contributed by atoms with van der Waals surface area (Å²) in [6.45, 7) is 4.27. The Kier molecular flexibility index (Phi) is 7.23. The quantitative estimate of drug-likeness (QED) is 0.168. The van der Waals surface area contributed by atoms with Crippen LogP contribution in [-0.2, 0) is 0 Å². The molecule has 0 N–H and O–H groups in total. The van der Waals surface area contributed by atoms with Gasteiger partial charge in [0.25, 0.3) is 0 Å². The summed E-state index contributed by atoms with van der Waals surface area (Å²) in [5.41, 5.74) is 13.0. The van der Waals surface area contributed by atoms with Gasteiger partial charge in [0.2, 0.25) is 0 Å². The average molecular weight is 569 g/mol. The molecule has 6 aromatic rings. The summed E-state index contributed by atoms with van der Waals surface area (Å²) in [7, 11) is 0. The topological polar surface area (TPSA) is 0 Å². The van der Waals surface area contributed by atoms with Crippen molar-refractivity contribution in [1.82, 2.24) is 0 Å². The second-order valence-electron chi connectivity index (χ2n) is 8.73. The number of rotatable bonds is 7. The lowest BCUT2D eigenvalue weighted by molar-refractivity contribution is 1.59. The lowest BCUT2D eigenvalue weighted by Crippen LogP contribution is -1.88. The van der Waals surface area contributed by atoms with Crippen molar-refractivity contribution in [3.63, 3.8) is 0 Å². The number of thiophene rings is 5. The van der Waals surface area contributed by atoms with Crippen LogP contribution < -0.4 is 0 Å². The highest BCUT2D eigenvalue weighted by Gasteiger charge is 2.17. The first-order valence-corrected chi connectivity index (χ1v) is 16.5. The van der Waals surface area contributed by atoms with Crippen LogP contribution in [0.5, 0.6) is 0 Å². The first-order valence-electron chi connectivity index (χ1n) is 12.0. The second kappa shape index (κ2) is 10.9. The second-order valence-corrected chi connectivity index (χ2v) is 12.9. The summed E-state index contributed by atoms with van der Waals surface area (Å²) >= 11 is 8.95. The molecule has 0 bridgehead atoms. The molecule has 0 aliphatic rings. The zero-order valence-corrected chi connectivity index (χ0v) is 24.5. The van der Waals surface area contributed by atoms with E-state index in [9.17, 15) is 0 Å². The largest absolute Gasteiger partial charge is 0.151 e. The molecule has 0 unspecified atom stereocenters. The average Bonchev–Trinajstić information content (AvgIpc) is 3.76. The van der Waals surface area contributed by atoms with Gasteiger partial charge in [0.15, 0.2) is 0 Å². The van der Waals surface area contributed by atoms with Gasteiger partial charge in [0.1, 0.15) is 0 Å². The van der Waals surface area contributed by atoms with Gasteiger partial charge in [-0.2, -0.15) is 34.0 Å². The number of benzene rings is 1. The Morgan fingerprint density at radius 3 is 1.62 bits per heavy atom. The maximum Gasteiger partial charge on any atom is 0.0357 e. The van der Waals surface area contributed by atoms with E-state index in [0.29, 0.717) is 0 Å². The summed E-state index contributed by atoms with van der Waals surface area (Å²) in [4.78, 5) is 2.64. The van der Waals surface area contributed by atoms with Gasteiger partial charge >= 0.3 is 0 Å². The fourth-order valence-corrected chi connectivity index (χ4v) is 8.83. The molecule has 0 aliphatic heterocycles. The third-order valence-electron chi connectivity index (χ3n) is 6.39. The molecule has 5 heterocycles. The summed E-state index contributed by atoms with van der Waals surface area (Å²) < 4.78 is 0. The van der Waals surface area contributed by atoms with Crippen molar-refractivity contribution in [2.45, 2.75) is 13.8 Å². The van der Waals surface area contributed by atoms with Crippen molar-refractivity contribution >= 4 is 62.3 Å². The van der Waals surface area contributed by atoms with Crippen LogP contribution in [0.2, 0.25) is 0 Å². The predicted octanol–water partition coefficient (Wildman–Crippen LogP) is 12.3. The van der Waals surface area contributed by atoms with Crippen LogP contribution in [0.1, 0.15) is 19.4 Å². The van der Waals surface area contributed by atoms with E-state index in [1.807, 2.05) is 0 Å². The Bertz CT molecular complexity index is 1590. The summed E-state index contributed by atoms with van der Waals surface area (Å²) in [6, 6.07) is 15.9. The molecular formula is C32H24S5. The Labute approximate surface area is 238 Å². The molecular weight excluding hydrogens is 545 g/mol. The van der Waals surface area contributed by atoms with Gasteiger partial charge in [-0.25, -0.2) is 0 Å². The van der Waals surface area contributed by atoms with E-state index in [4.69, 9.17) is 0 Å². The fourth-order valence-electron chi connectivity index (χ4n) is 4.54. The molecule has 0 fully saturated rings. The molecule has 0 radical (unpaired) electrons. The van der Waals surface area contributed by atoms with E-state index in [1.54, 1.807) is 56.7 Å². The van der Waals surface area contributed by atoms with E-state index in [1.165, 1.54) is 65.4 Å². The lowest BCUT2D eigenvalue weighted by atomic mass is 9.91. The molecule has 5 heteroatoms. The highest BCUT2D eigenvalue weighted by molar-refractivity contribution is 7.15. The molecule has 6 rings (SSSR count). The predicted molar refractivity (Wildman–Crippen MR) is 171 cm³/mol. The van der Waals surface area contributed by atoms with Crippen molar-refractivity contribution in [3.8, 4) is 54.3 Å². The summed E-state index contributed by atoms with van der Waals surface area (Å²) in [5.74, 6) is 0. The third-order valence-corrected chi connectivity index (χ3v) is 10.4. The zero-order chi connectivity index (χ0) is 25.2. The first kappa shape index (κ1) is 24.5. The van der Waals surface area contributed by atoms with Gasteiger partial charge in [0, 0.05) is 32.0 Å². The normalized spacial score (nSPS) is 12.1. The molecule has 37 heavy (non-hydrogen) atoms. The Hall–Kier alpha value is -2.80. The highest BCUT2D eigenvalue weighted by Crippen LogP contribution is 2.44. The highest BCUT2D eigenvalue weighted by atomic mass is 32.1. The van der Waals surface area contributed by atoms with E-state index in [0.717, 1.165) is 0 Å². The Morgan fingerprint density at radius 1 is 0.622 bits per heavy atom. The standard InChI is InChI=1S/C32H24S5/c1-3-4-7-21(2)25-15-33-16-26(25)22-12-23(27-17-34-19-29(27)31-8-5-10-36-31)14-24(13-22)28-18-35-20-30(28)32-9-6-11-37-32/h3-20H,1-2H3/b4-3-,21-7+. The maximum atomic E-state index is 2.39. The monoisotopic (exact) mass is 568 g/mol. The molecule has 0 aliphatic carbocycles. The zero-order valence-electron chi connectivity index (χ0n) is 20.4. The summed E-state index contributed by atoms with van der Waals surface area (Å²) in [6.07, 6.45) is 6.41. The Morgan fingerprint density at radius 2 is 1.11 bits per heavy atom. The molecule has 0 spiro atoms. The number of hydrogen-bond donors (Lipinski definition) is 0. The van der Waals surface area contributed by atoms with E-state index < -0.39 is 0 Å². The van der Waals surface area contributed by atoms with Crippen LogP contribution in [0, 0.1) is 0 Å². The van der Waals surface area contributed by atoms with Crippen molar-refractivity contribution in [2.24, 2.45) is 0 Å². The minimum absolute atomic E-state index is 1.27. The van der Waals surface area contributed by atoms with Gasteiger partial charge in [-0.05, 0) is 121 Å². The molecule has 0 saturated heterocycles. The van der Waals surface area contributed by atoms with Gasteiger partial charge in [-0.1, -0.05) is 30.4 Å². The first-order chi connectivity index (χ1) is 18.2. The van der Waals surface area contributed by atoms with Crippen LogP contribution in [0.4, 0.5) is 0 Å². The van der Waals surface area contributed by atoms with Crippen LogP contribution in [0.3, 0.4) is 0 Å². The third kappa shape index (κ3) is 4.90. The molecule has 5 aromatic heterocycles. The van der Waals surface area contributed by atoms with Gasteiger partial charge in [-0.15, -0.1) is 22.7 Å². The minimum atomic E-state index is 1.27. The molecule has 0 atom stereocenters. The molecule has 1 aromatic carbocycles. The van der Waals surface area contributed by atoms with E-state index >= 15 is 0 Å². The van der Waals surface area contributed by atoms with Crippen molar-refractivity contribution in [1.29, 1.82) is 0 Å². The summed E-state index contributed by atoms with van der Waals surface area (Å²) in [5, 5.41) is 18.1. The molecule has 0 nitrogen and oxygen atoms in total. The van der Waals surface area contributed by atoms with Crippen LogP contribution >= 0.6 is 56.7 Å². The fraction of sp³-hybridized carbons (Fsp3) is 0.0625.